The van der Waals surface area contributed by atoms with Crippen molar-refractivity contribution in [3.8, 4) is 5.75 Å². The minimum Gasteiger partial charge on any atom is -0.508 e. The molecule has 0 saturated carbocycles. The Balaban J connectivity index is 2.26. The molecule has 1 amide bonds. The number of hydrogen-bond donors (Lipinski definition) is 2. The van der Waals surface area contributed by atoms with Crippen LogP contribution in [0.2, 0.25) is 0 Å². The van der Waals surface area contributed by atoms with E-state index < -0.39 is 17.5 Å². The molecule has 0 heterocycles. The first kappa shape index (κ1) is 13.0. The second-order valence-electron chi connectivity index (χ2n) is 4.06. The molecule has 2 rings (SSSR count). The van der Waals surface area contributed by atoms with E-state index in [1.807, 2.05) is 0 Å². The summed E-state index contributed by atoms with van der Waals surface area (Å²) >= 11 is 0. The number of halogens is 2. The fraction of sp³-hybridized carbons (Fsp3) is 0.0714. The number of nitrogens with one attached hydrogen (secondary N) is 1. The largest absolute Gasteiger partial charge is 0.508 e. The number of anilines is 1. The van der Waals surface area contributed by atoms with Crippen molar-refractivity contribution in [3.05, 3.63) is 59.2 Å². The molecule has 0 aromatic heterocycles. The molecule has 0 atom stereocenters. The number of phenolic OH excluding ortho intramolecular Hbond substituents is 1. The van der Waals surface area contributed by atoms with Gasteiger partial charge in [0.2, 0.25) is 0 Å². The van der Waals surface area contributed by atoms with Crippen LogP contribution < -0.4 is 5.32 Å². The first-order valence-corrected chi connectivity index (χ1v) is 5.54. The number of carbonyl (C=O) groups is 1. The molecule has 98 valence electrons. The number of benzene rings is 2. The van der Waals surface area contributed by atoms with Crippen molar-refractivity contribution >= 4 is 11.6 Å². The average molecular weight is 263 g/mol. The maximum absolute atomic E-state index is 13.4. The van der Waals surface area contributed by atoms with E-state index in [2.05, 4.69) is 5.32 Å². The van der Waals surface area contributed by atoms with Crippen molar-refractivity contribution in [1.82, 2.24) is 0 Å². The molecule has 0 saturated heterocycles. The number of aromatic hydroxyl groups is 1. The Hall–Kier alpha value is -2.43. The zero-order valence-electron chi connectivity index (χ0n) is 10.1. The minimum absolute atomic E-state index is 0.0348. The first-order chi connectivity index (χ1) is 8.99. The van der Waals surface area contributed by atoms with E-state index in [1.54, 1.807) is 13.0 Å². The predicted molar refractivity (Wildman–Crippen MR) is 67.2 cm³/mol. The quantitative estimate of drug-likeness (QED) is 0.873. The van der Waals surface area contributed by atoms with E-state index in [0.717, 1.165) is 6.07 Å². The molecule has 5 heteroatoms. The highest BCUT2D eigenvalue weighted by atomic mass is 19.2. The van der Waals surface area contributed by atoms with Gasteiger partial charge in [-0.3, -0.25) is 4.79 Å². The van der Waals surface area contributed by atoms with Crippen molar-refractivity contribution in [3.63, 3.8) is 0 Å². The molecule has 0 radical (unpaired) electrons. The molecule has 0 unspecified atom stereocenters. The van der Waals surface area contributed by atoms with Gasteiger partial charge in [0, 0.05) is 5.56 Å². The summed E-state index contributed by atoms with van der Waals surface area (Å²) in [6, 6.07) is 7.82. The molecule has 0 bridgehead atoms. The second-order valence-corrected chi connectivity index (χ2v) is 4.06. The molecule has 0 aliphatic carbocycles. The summed E-state index contributed by atoms with van der Waals surface area (Å²) in [6.45, 7) is 1.68. The normalized spacial score (nSPS) is 10.3. The van der Waals surface area contributed by atoms with E-state index in [9.17, 15) is 18.7 Å². The van der Waals surface area contributed by atoms with Crippen LogP contribution in [0.25, 0.3) is 0 Å². The summed E-state index contributed by atoms with van der Waals surface area (Å²) < 4.78 is 26.4. The van der Waals surface area contributed by atoms with Gasteiger partial charge in [0.1, 0.15) is 5.75 Å². The number of rotatable bonds is 2. The third-order valence-electron chi connectivity index (χ3n) is 2.67. The number of hydrogen-bond acceptors (Lipinski definition) is 2. The summed E-state index contributed by atoms with van der Waals surface area (Å²) in [5.41, 5.74) is 0.533. The van der Waals surface area contributed by atoms with Crippen LogP contribution in [0.5, 0.6) is 5.75 Å². The van der Waals surface area contributed by atoms with E-state index >= 15 is 0 Å². The lowest BCUT2D eigenvalue weighted by molar-refractivity contribution is 0.102. The lowest BCUT2D eigenvalue weighted by Crippen LogP contribution is -2.13. The maximum Gasteiger partial charge on any atom is 0.255 e. The van der Waals surface area contributed by atoms with Crippen LogP contribution >= 0.6 is 0 Å². The smallest absolute Gasteiger partial charge is 0.255 e. The lowest BCUT2D eigenvalue weighted by atomic mass is 10.1. The molecular weight excluding hydrogens is 252 g/mol. The van der Waals surface area contributed by atoms with Gasteiger partial charge in [-0.2, -0.15) is 0 Å². The van der Waals surface area contributed by atoms with Gasteiger partial charge in [0.25, 0.3) is 5.91 Å². The summed E-state index contributed by atoms with van der Waals surface area (Å²) in [6.07, 6.45) is 0. The van der Waals surface area contributed by atoms with Crippen molar-refractivity contribution < 1.29 is 18.7 Å². The highest BCUT2D eigenvalue weighted by Gasteiger charge is 2.12. The zero-order valence-corrected chi connectivity index (χ0v) is 10.1. The summed E-state index contributed by atoms with van der Waals surface area (Å²) in [5, 5.41) is 11.7. The van der Waals surface area contributed by atoms with E-state index in [4.69, 9.17) is 0 Å². The van der Waals surface area contributed by atoms with Crippen LogP contribution in [-0.4, -0.2) is 11.0 Å². The molecule has 2 aromatic carbocycles. The number of amides is 1. The monoisotopic (exact) mass is 263 g/mol. The van der Waals surface area contributed by atoms with E-state index in [-0.39, 0.29) is 17.0 Å². The van der Waals surface area contributed by atoms with Crippen LogP contribution in [0, 0.1) is 18.6 Å². The Morgan fingerprint density at radius 2 is 1.95 bits per heavy atom. The van der Waals surface area contributed by atoms with Gasteiger partial charge < -0.3 is 10.4 Å². The van der Waals surface area contributed by atoms with E-state index in [1.165, 1.54) is 24.3 Å². The molecule has 19 heavy (non-hydrogen) atoms. The summed E-state index contributed by atoms with van der Waals surface area (Å²) in [4.78, 5) is 11.8. The molecule has 3 nitrogen and oxygen atoms in total. The topological polar surface area (TPSA) is 49.3 Å². The van der Waals surface area contributed by atoms with Gasteiger partial charge in [-0.05, 0) is 36.8 Å². The Morgan fingerprint density at radius 1 is 1.21 bits per heavy atom. The van der Waals surface area contributed by atoms with Gasteiger partial charge >= 0.3 is 0 Å². The van der Waals surface area contributed by atoms with Crippen molar-refractivity contribution in [2.45, 2.75) is 6.92 Å². The summed E-state index contributed by atoms with van der Waals surface area (Å²) in [7, 11) is 0. The Morgan fingerprint density at radius 3 is 2.63 bits per heavy atom. The van der Waals surface area contributed by atoms with Crippen LogP contribution in [0.4, 0.5) is 14.5 Å². The zero-order chi connectivity index (χ0) is 14.0. The standard InChI is InChI=1S/C14H11F2NO2/c1-8-5-6-9(7-12(8)18)14(19)17-11-4-2-3-10(15)13(11)16/h2-7,18H,1H3,(H,17,19). The Labute approximate surface area is 108 Å². The van der Waals surface area contributed by atoms with Gasteiger partial charge in [0.15, 0.2) is 11.6 Å². The Kier molecular flexibility index (Phi) is 3.46. The van der Waals surface area contributed by atoms with Gasteiger partial charge in [0.05, 0.1) is 5.69 Å². The van der Waals surface area contributed by atoms with Gasteiger partial charge in [-0.1, -0.05) is 12.1 Å². The van der Waals surface area contributed by atoms with Crippen LogP contribution in [0.15, 0.2) is 36.4 Å². The molecule has 2 aromatic rings. The summed E-state index contributed by atoms with van der Waals surface area (Å²) in [5.74, 6) is -2.82. The number of carbonyl (C=O) groups excluding carboxylic acids is 1. The predicted octanol–water partition coefficient (Wildman–Crippen LogP) is 3.23. The van der Waals surface area contributed by atoms with Gasteiger partial charge in [-0.15, -0.1) is 0 Å². The van der Waals surface area contributed by atoms with Crippen LogP contribution in [0.1, 0.15) is 15.9 Å². The molecule has 0 spiro atoms. The average Bonchev–Trinajstić information content (AvgIpc) is 2.38. The van der Waals surface area contributed by atoms with Crippen molar-refractivity contribution in [2.24, 2.45) is 0 Å². The number of aryl methyl sites for hydroxylation is 1. The fourth-order valence-corrected chi connectivity index (χ4v) is 1.55. The van der Waals surface area contributed by atoms with Crippen LogP contribution in [-0.2, 0) is 0 Å². The van der Waals surface area contributed by atoms with Gasteiger partial charge in [-0.25, -0.2) is 8.78 Å². The van der Waals surface area contributed by atoms with E-state index in [0.29, 0.717) is 5.56 Å². The Bertz CT molecular complexity index is 641. The third-order valence-corrected chi connectivity index (χ3v) is 2.67. The van der Waals surface area contributed by atoms with Crippen LogP contribution in [0.3, 0.4) is 0 Å². The van der Waals surface area contributed by atoms with Crippen molar-refractivity contribution in [2.75, 3.05) is 5.32 Å². The SMILES string of the molecule is Cc1ccc(C(=O)Nc2cccc(F)c2F)cc1O. The highest BCUT2D eigenvalue weighted by Crippen LogP contribution is 2.20. The number of phenols is 1. The molecule has 0 aliphatic heterocycles. The molecule has 0 fully saturated rings. The molecule has 2 N–H and O–H groups in total. The minimum atomic E-state index is -1.12. The highest BCUT2D eigenvalue weighted by molar-refractivity contribution is 6.04. The first-order valence-electron chi connectivity index (χ1n) is 5.54. The maximum atomic E-state index is 13.4. The lowest BCUT2D eigenvalue weighted by Gasteiger charge is -2.07. The molecular formula is C14H11F2NO2. The second kappa shape index (κ2) is 5.06. The van der Waals surface area contributed by atoms with Crippen molar-refractivity contribution in [1.29, 1.82) is 0 Å². The fourth-order valence-electron chi connectivity index (χ4n) is 1.55. The molecule has 0 aliphatic rings. The third kappa shape index (κ3) is 2.70.